The van der Waals surface area contributed by atoms with Gasteiger partial charge in [-0.25, -0.2) is 0 Å². The molecule has 3 aromatic carbocycles. The van der Waals surface area contributed by atoms with Gasteiger partial charge in [-0.3, -0.25) is 0 Å². The van der Waals surface area contributed by atoms with E-state index in [0.717, 1.165) is 0 Å². The van der Waals surface area contributed by atoms with Crippen molar-refractivity contribution in [1.29, 1.82) is 0 Å². The van der Waals surface area contributed by atoms with Crippen molar-refractivity contribution in [3.63, 3.8) is 0 Å². The van der Waals surface area contributed by atoms with Crippen molar-refractivity contribution in [2.45, 2.75) is 0 Å². The van der Waals surface area contributed by atoms with Crippen LogP contribution in [-0.2, 0) is 0 Å². The maximum atomic E-state index is 3.10. The fraction of sp³-hybridized carbons (Fsp3) is 0. The lowest BCUT2D eigenvalue weighted by molar-refractivity contribution is 1.74. The molecule has 0 aliphatic heterocycles. The summed E-state index contributed by atoms with van der Waals surface area (Å²) in [5, 5.41) is 4.19. The van der Waals surface area contributed by atoms with Crippen molar-refractivity contribution in [2.75, 3.05) is 0 Å². The molecule has 0 heterocycles. The van der Waals surface area contributed by atoms with Gasteiger partial charge in [0.25, 0.3) is 0 Å². The highest BCUT2D eigenvalue weighted by atomic mass is 79.9. The summed E-state index contributed by atoms with van der Waals surface area (Å²) in [6.07, 6.45) is 0. The van der Waals surface area contributed by atoms with Gasteiger partial charge in [0.1, 0.15) is 0 Å². The van der Waals surface area contributed by atoms with Crippen molar-refractivity contribution >= 4 is 74.3 Å². The topological polar surface area (TPSA) is 0 Å². The first kappa shape index (κ1) is 18.9. The highest BCUT2D eigenvalue weighted by Gasteiger charge is 2.14. The molecule has 0 spiro atoms. The lowest BCUT2D eigenvalue weighted by Gasteiger charge is -2.18. The van der Waals surface area contributed by atoms with Crippen molar-refractivity contribution in [2.24, 2.45) is 0 Å². The minimum Gasteiger partial charge on any atom is -0.123 e. The van der Waals surface area contributed by atoms with Gasteiger partial charge in [0.05, 0.1) is 0 Å². The summed E-state index contributed by atoms with van der Waals surface area (Å²) in [7, 11) is -0.446. The number of rotatable bonds is 3. The Morgan fingerprint density at radius 3 is 0.913 bits per heavy atom. The van der Waals surface area contributed by atoms with Crippen molar-refractivity contribution in [3.8, 4) is 0 Å². The smallest absolute Gasteiger partial charge is 0.123 e. The second-order valence-corrected chi connectivity index (χ2v) is 13.2. The maximum Gasteiger partial charge on any atom is 0.369 e. The number of hydrogen-bond donors (Lipinski definition) is 0. The minimum absolute atomic E-state index is 0.271. The van der Waals surface area contributed by atoms with Crippen LogP contribution in [0.4, 0.5) is 0 Å². The molecule has 0 nitrogen and oxygen atoms in total. The quantitative estimate of drug-likeness (QED) is 0.317. The maximum absolute atomic E-state index is 3.10. The van der Waals surface area contributed by atoms with E-state index >= 15 is 0 Å². The number of hydrogen-bond acceptors (Lipinski definition) is 0. The van der Waals surface area contributed by atoms with Gasteiger partial charge in [0, 0.05) is 0 Å². The molecule has 116 valence electrons. The largest absolute Gasteiger partial charge is 0.369 e. The van der Waals surface area contributed by atoms with E-state index in [1.807, 2.05) is 0 Å². The fourth-order valence-corrected chi connectivity index (χ4v) is 4.48. The normalized spacial score (nSPS) is 9.91. The van der Waals surface area contributed by atoms with Crippen LogP contribution in [0.5, 0.6) is 0 Å². The van der Waals surface area contributed by atoms with E-state index in [9.17, 15) is 0 Å². The van der Waals surface area contributed by atoms with Gasteiger partial charge in [-0.15, -0.1) is 47.3 Å². The predicted octanol–water partition coefficient (Wildman–Crippen LogP) is 5.60. The molecule has 0 bridgehead atoms. The van der Waals surface area contributed by atoms with Gasteiger partial charge in [0.2, 0.25) is 0 Å². The van der Waals surface area contributed by atoms with Crippen molar-refractivity contribution < 1.29 is 0 Å². The Morgan fingerprint density at radius 2 is 0.696 bits per heavy atom. The Bertz CT molecular complexity index is 582. The van der Waals surface area contributed by atoms with E-state index in [1.165, 1.54) is 15.9 Å². The standard InChI is InChI=1S/C18H15P.BBr3/c1-4-10-16(11-5-1)19(17-12-6-2-7-13-17)18-14-8-3-9-15-18;2-1(3)4/h1-15H;. The molecular weight excluding hydrogens is 498 g/mol. The molecule has 0 aliphatic carbocycles. The van der Waals surface area contributed by atoms with Crippen molar-refractivity contribution in [1.82, 2.24) is 0 Å². The lowest BCUT2D eigenvalue weighted by Crippen LogP contribution is -2.20. The Balaban J connectivity index is 0.000000433. The molecule has 0 fully saturated rings. The molecular formula is C18H15BBr3P. The molecule has 0 saturated carbocycles. The zero-order valence-corrected chi connectivity index (χ0v) is 18.0. The molecule has 3 aromatic rings. The van der Waals surface area contributed by atoms with Crippen LogP contribution in [0.15, 0.2) is 91.0 Å². The molecule has 5 heteroatoms. The van der Waals surface area contributed by atoms with Crippen LogP contribution in [0.25, 0.3) is 0 Å². The average molecular weight is 513 g/mol. The molecule has 0 aromatic heterocycles. The third-order valence-electron chi connectivity index (χ3n) is 3.04. The average Bonchev–Trinajstić information content (AvgIpc) is 2.58. The summed E-state index contributed by atoms with van der Waals surface area (Å²) < 4.78 is 0.271. The second kappa shape index (κ2) is 10.5. The van der Waals surface area contributed by atoms with Crippen LogP contribution >= 0.6 is 55.2 Å². The van der Waals surface area contributed by atoms with Crippen LogP contribution < -0.4 is 15.9 Å². The molecule has 0 atom stereocenters. The molecule has 0 amide bonds. The third-order valence-corrected chi connectivity index (χ3v) is 5.49. The van der Waals surface area contributed by atoms with Gasteiger partial charge < -0.3 is 0 Å². The van der Waals surface area contributed by atoms with Gasteiger partial charge >= 0.3 is 3.18 Å². The third kappa shape index (κ3) is 6.54. The summed E-state index contributed by atoms with van der Waals surface area (Å²) in [5.74, 6) is 0. The van der Waals surface area contributed by atoms with Crippen molar-refractivity contribution in [3.05, 3.63) is 91.0 Å². The predicted molar refractivity (Wildman–Crippen MR) is 118 cm³/mol. The minimum atomic E-state index is -0.446. The molecule has 0 aliphatic rings. The Kier molecular flexibility index (Phi) is 8.61. The highest BCUT2D eigenvalue weighted by molar-refractivity contribution is 9.69. The Morgan fingerprint density at radius 1 is 0.478 bits per heavy atom. The summed E-state index contributed by atoms with van der Waals surface area (Å²) in [4.78, 5) is 0. The monoisotopic (exact) mass is 510 g/mol. The fourth-order valence-electron chi connectivity index (χ4n) is 2.18. The molecule has 23 heavy (non-hydrogen) atoms. The second-order valence-electron chi connectivity index (χ2n) is 4.59. The molecule has 0 radical (unpaired) electrons. The van der Waals surface area contributed by atoms with E-state index in [2.05, 4.69) is 138 Å². The van der Waals surface area contributed by atoms with Gasteiger partial charge in [-0.1, -0.05) is 91.0 Å². The van der Waals surface area contributed by atoms with E-state index in [0.29, 0.717) is 0 Å². The molecule has 0 saturated heterocycles. The van der Waals surface area contributed by atoms with E-state index in [4.69, 9.17) is 0 Å². The molecule has 0 unspecified atom stereocenters. The van der Waals surface area contributed by atoms with Crippen LogP contribution in [0.3, 0.4) is 0 Å². The summed E-state index contributed by atoms with van der Waals surface area (Å²) in [6, 6.07) is 32.3. The first-order chi connectivity index (χ1) is 11.2. The van der Waals surface area contributed by atoms with Crippen LogP contribution in [0, 0.1) is 0 Å². The first-order valence-corrected chi connectivity index (χ1v) is 11.1. The summed E-state index contributed by atoms with van der Waals surface area (Å²) >= 11 is 9.31. The van der Waals surface area contributed by atoms with Crippen LogP contribution in [0.2, 0.25) is 0 Å². The van der Waals surface area contributed by atoms with Crippen LogP contribution in [-0.4, -0.2) is 3.18 Å². The van der Waals surface area contributed by atoms with Gasteiger partial charge in [-0.05, 0) is 23.8 Å². The highest BCUT2D eigenvalue weighted by Crippen LogP contribution is 2.32. The van der Waals surface area contributed by atoms with Crippen LogP contribution in [0.1, 0.15) is 0 Å². The number of halogens is 3. The summed E-state index contributed by atoms with van der Waals surface area (Å²) in [5.41, 5.74) is 0. The SMILES string of the molecule is BrB(Br)Br.c1ccc(P(c2ccccc2)c2ccccc2)cc1. The van der Waals surface area contributed by atoms with E-state index in [1.54, 1.807) is 0 Å². The van der Waals surface area contributed by atoms with E-state index < -0.39 is 7.92 Å². The molecule has 0 N–H and O–H groups in total. The lowest BCUT2D eigenvalue weighted by atomic mass is 10.4. The molecule has 3 rings (SSSR count). The van der Waals surface area contributed by atoms with Gasteiger partial charge in [0.15, 0.2) is 0 Å². The Hall–Kier alpha value is -0.405. The zero-order chi connectivity index (χ0) is 16.5. The first-order valence-electron chi connectivity index (χ1n) is 7.06. The van der Waals surface area contributed by atoms with Gasteiger partial charge in [-0.2, -0.15) is 0 Å². The zero-order valence-electron chi connectivity index (χ0n) is 12.3. The number of benzene rings is 3. The Labute approximate surface area is 164 Å². The van der Waals surface area contributed by atoms with E-state index in [-0.39, 0.29) is 3.18 Å². The summed E-state index contributed by atoms with van der Waals surface area (Å²) in [6.45, 7) is 0.